The SMILES string of the molecule is C1=C=CC(c2cc(-c3cccc4c3-c3ccccc3C43c4ccccc4-c4c3ccc3c4oc4ccccc43)nc(-c3ccccc3)n2)=CC=1. The topological polar surface area (TPSA) is 38.9 Å². The van der Waals surface area contributed by atoms with Crippen molar-refractivity contribution in [1.29, 1.82) is 0 Å². The van der Waals surface area contributed by atoms with E-state index in [2.05, 4.69) is 127 Å². The summed E-state index contributed by atoms with van der Waals surface area (Å²) in [6.07, 6.45) is 5.85. The summed E-state index contributed by atoms with van der Waals surface area (Å²) < 4.78 is 6.71. The molecule has 0 N–H and O–H groups in total. The van der Waals surface area contributed by atoms with E-state index in [1.165, 1.54) is 44.5 Å². The summed E-state index contributed by atoms with van der Waals surface area (Å²) in [5.41, 5.74) is 22.1. The van der Waals surface area contributed by atoms with Crippen LogP contribution >= 0.6 is 0 Å². The molecule has 1 atom stereocenters. The monoisotopic (exact) mass is 634 g/mol. The Morgan fingerprint density at radius 1 is 0.520 bits per heavy atom. The molecule has 0 amide bonds. The molecule has 1 spiro atoms. The maximum Gasteiger partial charge on any atom is 0.160 e. The third kappa shape index (κ3) is 3.55. The number of benzene rings is 6. The molecule has 3 aliphatic rings. The van der Waals surface area contributed by atoms with Crippen LogP contribution in [0.15, 0.2) is 174 Å². The maximum atomic E-state index is 6.71. The summed E-state index contributed by atoms with van der Waals surface area (Å²) in [5, 5.41) is 2.28. The van der Waals surface area contributed by atoms with Crippen LogP contribution in [0.5, 0.6) is 0 Å². The summed E-state index contributed by atoms with van der Waals surface area (Å²) in [6, 6.07) is 49.8. The van der Waals surface area contributed by atoms with Crippen molar-refractivity contribution < 1.29 is 4.42 Å². The average Bonchev–Trinajstić information content (AvgIpc) is 3.82. The molecule has 230 valence electrons. The standard InChI is InChI=1S/C47H26N2O/c1-3-14-29(15-4-1)40-28-41(49-46(48-40)30-16-5-2-6-17-30)35-21-13-24-38-43(35)33-19-7-10-22-36(33)47(38)37-23-11-8-20-34(37)44-39(47)27-26-32-31-18-9-12-25-42(31)50-45(32)44/h2-3,5-28H. The number of furan rings is 1. The molecular weight excluding hydrogens is 609 g/mol. The predicted octanol–water partition coefficient (Wildman–Crippen LogP) is 11.3. The van der Waals surface area contributed by atoms with E-state index in [-0.39, 0.29) is 0 Å². The quantitative estimate of drug-likeness (QED) is 0.182. The third-order valence-electron chi connectivity index (χ3n) is 10.6. The van der Waals surface area contributed by atoms with Crippen LogP contribution in [0.3, 0.4) is 0 Å². The molecule has 0 fully saturated rings. The smallest absolute Gasteiger partial charge is 0.160 e. The highest BCUT2D eigenvalue weighted by molar-refractivity contribution is 6.13. The van der Waals surface area contributed by atoms with Crippen LogP contribution in [0.4, 0.5) is 0 Å². The first-order valence-electron chi connectivity index (χ1n) is 16.9. The van der Waals surface area contributed by atoms with Crippen LogP contribution in [0.2, 0.25) is 0 Å². The fourth-order valence-electron chi connectivity index (χ4n) is 8.62. The molecule has 2 aromatic heterocycles. The van der Waals surface area contributed by atoms with Gasteiger partial charge in [0, 0.05) is 33.0 Å². The zero-order chi connectivity index (χ0) is 32.8. The van der Waals surface area contributed by atoms with Gasteiger partial charge in [-0.2, -0.15) is 0 Å². The van der Waals surface area contributed by atoms with E-state index in [1.54, 1.807) is 0 Å². The van der Waals surface area contributed by atoms with Crippen molar-refractivity contribution in [3.63, 3.8) is 0 Å². The molecule has 0 saturated carbocycles. The largest absolute Gasteiger partial charge is 0.455 e. The molecule has 6 aromatic carbocycles. The van der Waals surface area contributed by atoms with Gasteiger partial charge >= 0.3 is 0 Å². The minimum absolute atomic E-state index is 0.524. The van der Waals surface area contributed by atoms with Gasteiger partial charge in [0.1, 0.15) is 11.2 Å². The number of fused-ring (bicyclic) bond motifs is 14. The second kappa shape index (κ2) is 10.1. The van der Waals surface area contributed by atoms with Gasteiger partial charge < -0.3 is 4.42 Å². The van der Waals surface area contributed by atoms with Gasteiger partial charge in [0.15, 0.2) is 5.82 Å². The number of hydrogen-bond acceptors (Lipinski definition) is 3. The first-order valence-corrected chi connectivity index (χ1v) is 16.9. The summed E-state index contributed by atoms with van der Waals surface area (Å²) in [4.78, 5) is 10.3. The molecule has 0 bridgehead atoms. The van der Waals surface area contributed by atoms with Gasteiger partial charge in [-0.1, -0.05) is 139 Å². The van der Waals surface area contributed by atoms with Crippen molar-refractivity contribution >= 4 is 27.5 Å². The summed E-state index contributed by atoms with van der Waals surface area (Å²) in [6.45, 7) is 0. The van der Waals surface area contributed by atoms with E-state index in [9.17, 15) is 0 Å². The summed E-state index contributed by atoms with van der Waals surface area (Å²) in [5.74, 6) is 0.688. The zero-order valence-corrected chi connectivity index (χ0v) is 26.8. The van der Waals surface area contributed by atoms with Gasteiger partial charge in [-0.05, 0) is 69.3 Å². The minimum Gasteiger partial charge on any atom is -0.455 e. The lowest BCUT2D eigenvalue weighted by atomic mass is 9.70. The maximum absolute atomic E-state index is 6.71. The lowest BCUT2D eigenvalue weighted by Crippen LogP contribution is -2.25. The van der Waals surface area contributed by atoms with E-state index < -0.39 is 5.41 Å². The highest BCUT2D eigenvalue weighted by Crippen LogP contribution is 2.65. The number of nitrogens with zero attached hydrogens (tertiary/aromatic N) is 2. The highest BCUT2D eigenvalue weighted by Gasteiger charge is 2.53. The Labute approximate surface area is 288 Å². The Morgan fingerprint density at radius 3 is 2.02 bits per heavy atom. The van der Waals surface area contributed by atoms with E-state index in [0.717, 1.165) is 50.0 Å². The zero-order valence-electron chi connectivity index (χ0n) is 26.8. The van der Waals surface area contributed by atoms with Crippen LogP contribution in [0.1, 0.15) is 27.9 Å². The van der Waals surface area contributed by atoms with E-state index in [0.29, 0.717) is 5.82 Å². The fraction of sp³-hybridized carbons (Fsp3) is 0.0213. The van der Waals surface area contributed by atoms with Gasteiger partial charge in [-0.25, -0.2) is 9.97 Å². The Balaban J connectivity index is 1.23. The van der Waals surface area contributed by atoms with Crippen LogP contribution in [-0.2, 0) is 5.41 Å². The third-order valence-corrected chi connectivity index (χ3v) is 10.6. The van der Waals surface area contributed by atoms with Crippen LogP contribution in [-0.4, -0.2) is 9.97 Å². The number of rotatable bonds is 3. The van der Waals surface area contributed by atoms with Crippen molar-refractivity contribution in [2.45, 2.75) is 5.41 Å². The number of hydrogen-bond donors (Lipinski definition) is 0. The Bertz CT molecular complexity index is 2900. The van der Waals surface area contributed by atoms with Crippen LogP contribution in [0.25, 0.3) is 72.4 Å². The molecule has 8 aromatic rings. The molecule has 11 rings (SSSR count). The Kier molecular flexibility index (Phi) is 5.51. The first kappa shape index (κ1) is 27.2. The lowest BCUT2D eigenvalue weighted by Gasteiger charge is -2.30. The summed E-state index contributed by atoms with van der Waals surface area (Å²) >= 11 is 0. The molecule has 3 nitrogen and oxygen atoms in total. The van der Waals surface area contributed by atoms with Crippen molar-refractivity contribution in [1.82, 2.24) is 9.97 Å². The number of para-hydroxylation sites is 1. The lowest BCUT2D eigenvalue weighted by molar-refractivity contribution is 0.669. The Morgan fingerprint density at radius 2 is 1.20 bits per heavy atom. The Hall–Kier alpha value is -6.76. The molecule has 0 aliphatic heterocycles. The first-order chi connectivity index (χ1) is 24.8. The van der Waals surface area contributed by atoms with Gasteiger partial charge in [-0.15, -0.1) is 0 Å². The van der Waals surface area contributed by atoms with Gasteiger partial charge in [0.25, 0.3) is 0 Å². The molecule has 3 aliphatic carbocycles. The predicted molar refractivity (Wildman–Crippen MR) is 201 cm³/mol. The van der Waals surface area contributed by atoms with Crippen molar-refractivity contribution in [2.24, 2.45) is 0 Å². The molecular formula is C47H26N2O. The molecule has 1 unspecified atom stereocenters. The normalized spacial score (nSPS) is 16.1. The second-order valence-electron chi connectivity index (χ2n) is 13.1. The van der Waals surface area contributed by atoms with Crippen molar-refractivity contribution in [2.75, 3.05) is 0 Å². The van der Waals surface area contributed by atoms with Crippen molar-refractivity contribution in [3.05, 3.63) is 197 Å². The van der Waals surface area contributed by atoms with E-state index in [4.69, 9.17) is 14.4 Å². The average molecular weight is 635 g/mol. The van der Waals surface area contributed by atoms with Gasteiger partial charge in [0.2, 0.25) is 0 Å². The number of allylic oxidation sites excluding steroid dienone is 4. The molecule has 3 heteroatoms. The van der Waals surface area contributed by atoms with E-state index in [1.807, 2.05) is 42.5 Å². The second-order valence-corrected chi connectivity index (χ2v) is 13.1. The fourth-order valence-corrected chi connectivity index (χ4v) is 8.62. The number of aromatic nitrogens is 2. The van der Waals surface area contributed by atoms with Gasteiger partial charge in [-0.3, -0.25) is 0 Å². The summed E-state index contributed by atoms with van der Waals surface area (Å²) in [7, 11) is 0. The molecule has 0 radical (unpaired) electrons. The van der Waals surface area contributed by atoms with Crippen LogP contribution in [0, 0.1) is 0 Å². The molecule has 2 heterocycles. The molecule has 50 heavy (non-hydrogen) atoms. The molecule has 0 saturated heterocycles. The van der Waals surface area contributed by atoms with Gasteiger partial charge in [0.05, 0.1) is 16.8 Å². The minimum atomic E-state index is -0.524. The van der Waals surface area contributed by atoms with Crippen LogP contribution < -0.4 is 0 Å². The highest BCUT2D eigenvalue weighted by atomic mass is 16.3. The van der Waals surface area contributed by atoms with Crippen molar-refractivity contribution in [3.8, 4) is 44.9 Å². The van der Waals surface area contributed by atoms with E-state index >= 15 is 0 Å².